The summed E-state index contributed by atoms with van der Waals surface area (Å²) in [7, 11) is 1.62. The zero-order chi connectivity index (χ0) is 16.6. The van der Waals surface area contributed by atoms with Gasteiger partial charge < -0.3 is 14.9 Å². The third kappa shape index (κ3) is 2.82. The second-order valence-electron chi connectivity index (χ2n) is 6.19. The summed E-state index contributed by atoms with van der Waals surface area (Å²) in [5.74, 6) is -0.237. The van der Waals surface area contributed by atoms with E-state index in [2.05, 4.69) is 0 Å². The van der Waals surface area contributed by atoms with Gasteiger partial charge in [-0.1, -0.05) is 24.3 Å². The first-order chi connectivity index (χ1) is 10.9. The molecule has 0 saturated heterocycles. The van der Waals surface area contributed by atoms with Gasteiger partial charge >= 0.3 is 5.97 Å². The average molecular weight is 312 g/mol. The van der Waals surface area contributed by atoms with E-state index in [4.69, 9.17) is 4.74 Å². The molecule has 4 heteroatoms. The summed E-state index contributed by atoms with van der Waals surface area (Å²) in [4.78, 5) is 11.3. The van der Waals surface area contributed by atoms with E-state index >= 15 is 0 Å². The maximum Gasteiger partial charge on any atom is 0.306 e. The molecule has 1 unspecified atom stereocenters. The smallest absolute Gasteiger partial charge is 0.306 e. The number of hydrogen-bond acceptors (Lipinski definition) is 3. The highest BCUT2D eigenvalue weighted by Gasteiger charge is 2.37. The number of ether oxygens (including phenoxy) is 1. The molecular weight excluding hydrogens is 292 g/mol. The Labute approximate surface area is 135 Å². The van der Waals surface area contributed by atoms with Gasteiger partial charge in [0.2, 0.25) is 0 Å². The Morgan fingerprint density at radius 3 is 2.74 bits per heavy atom. The average Bonchev–Trinajstić information content (AvgIpc) is 2.61. The van der Waals surface area contributed by atoms with Gasteiger partial charge in [-0.2, -0.15) is 0 Å². The largest absolute Gasteiger partial charge is 0.497 e. The van der Waals surface area contributed by atoms with E-state index in [1.54, 1.807) is 7.11 Å². The van der Waals surface area contributed by atoms with Crippen molar-refractivity contribution in [2.75, 3.05) is 7.11 Å². The molecule has 0 saturated carbocycles. The summed E-state index contributed by atoms with van der Waals surface area (Å²) >= 11 is 0. The number of carboxylic acids is 1. The minimum Gasteiger partial charge on any atom is -0.497 e. The fourth-order valence-corrected chi connectivity index (χ4v) is 3.45. The Bertz CT molecular complexity index is 766. The van der Waals surface area contributed by atoms with Crippen molar-refractivity contribution < 1.29 is 19.7 Å². The lowest BCUT2D eigenvalue weighted by molar-refractivity contribution is -0.143. The van der Waals surface area contributed by atoms with Gasteiger partial charge in [0.15, 0.2) is 0 Å². The van der Waals surface area contributed by atoms with Crippen LogP contribution in [-0.4, -0.2) is 23.3 Å². The summed E-state index contributed by atoms with van der Waals surface area (Å²) in [5, 5.41) is 20.4. The maximum atomic E-state index is 11.3. The zero-order valence-corrected chi connectivity index (χ0v) is 13.3. The van der Waals surface area contributed by atoms with Crippen LogP contribution in [0, 0.1) is 6.92 Å². The van der Waals surface area contributed by atoms with E-state index in [0.29, 0.717) is 6.42 Å². The van der Waals surface area contributed by atoms with Crippen LogP contribution in [0.2, 0.25) is 0 Å². The molecule has 0 fully saturated rings. The monoisotopic (exact) mass is 312 g/mol. The van der Waals surface area contributed by atoms with E-state index in [0.717, 1.165) is 33.6 Å². The first-order valence-electron chi connectivity index (χ1n) is 7.62. The Morgan fingerprint density at radius 2 is 2.04 bits per heavy atom. The maximum absolute atomic E-state index is 11.3. The molecule has 120 valence electrons. The predicted octanol–water partition coefficient (Wildman–Crippen LogP) is 2.81. The second-order valence-corrected chi connectivity index (χ2v) is 6.19. The van der Waals surface area contributed by atoms with Gasteiger partial charge in [0.05, 0.1) is 13.5 Å². The van der Waals surface area contributed by atoms with Crippen molar-refractivity contribution in [3.05, 3.63) is 64.2 Å². The summed E-state index contributed by atoms with van der Waals surface area (Å²) in [6.07, 6.45) is 0.639. The number of hydrogen-bond donors (Lipinski definition) is 2. The molecule has 1 aliphatic rings. The van der Waals surface area contributed by atoms with Crippen molar-refractivity contribution in [1.29, 1.82) is 0 Å². The van der Waals surface area contributed by atoms with Crippen LogP contribution in [0.25, 0.3) is 0 Å². The molecule has 1 aliphatic carbocycles. The summed E-state index contributed by atoms with van der Waals surface area (Å²) in [6, 6.07) is 11.4. The molecule has 0 radical (unpaired) electrons. The highest BCUT2D eigenvalue weighted by atomic mass is 16.5. The number of fused-ring (bicyclic) bond motifs is 2. The molecule has 0 bridgehead atoms. The van der Waals surface area contributed by atoms with Crippen molar-refractivity contribution in [3.63, 3.8) is 0 Å². The second kappa shape index (κ2) is 5.70. The molecule has 3 rings (SSSR count). The van der Waals surface area contributed by atoms with Crippen molar-refractivity contribution >= 4 is 5.97 Å². The predicted molar refractivity (Wildman–Crippen MR) is 86.8 cm³/mol. The third-order valence-electron chi connectivity index (χ3n) is 4.62. The van der Waals surface area contributed by atoms with Gasteiger partial charge in [-0.25, -0.2) is 0 Å². The fourth-order valence-electron chi connectivity index (χ4n) is 3.45. The van der Waals surface area contributed by atoms with Crippen LogP contribution in [0.4, 0.5) is 0 Å². The van der Waals surface area contributed by atoms with E-state index in [-0.39, 0.29) is 12.8 Å². The number of carboxylic acid groups (broad SMARTS) is 1. The van der Waals surface area contributed by atoms with Gasteiger partial charge in [0, 0.05) is 6.42 Å². The Balaban J connectivity index is 2.20. The zero-order valence-electron chi connectivity index (χ0n) is 13.3. The number of rotatable bonds is 3. The van der Waals surface area contributed by atoms with Gasteiger partial charge in [-0.05, 0) is 53.3 Å². The van der Waals surface area contributed by atoms with Crippen molar-refractivity contribution in [2.24, 2.45) is 0 Å². The number of benzene rings is 2. The Morgan fingerprint density at radius 1 is 1.26 bits per heavy atom. The topological polar surface area (TPSA) is 66.8 Å². The van der Waals surface area contributed by atoms with E-state index in [9.17, 15) is 15.0 Å². The SMILES string of the molecule is COc1ccc2c(c1)Cc1c(C)cccc1C(O)(CC(=O)O)C2. The number of methoxy groups -OCH3 is 1. The van der Waals surface area contributed by atoms with Crippen LogP contribution < -0.4 is 4.74 Å². The molecule has 0 aliphatic heterocycles. The van der Waals surface area contributed by atoms with E-state index in [1.165, 1.54) is 0 Å². The molecule has 23 heavy (non-hydrogen) atoms. The molecule has 1 atom stereocenters. The Hall–Kier alpha value is -2.33. The molecule has 0 heterocycles. The molecular formula is C19H20O4. The number of aliphatic hydroxyl groups is 1. The molecule has 0 amide bonds. The molecule has 0 aromatic heterocycles. The van der Waals surface area contributed by atoms with Crippen molar-refractivity contribution in [1.82, 2.24) is 0 Å². The van der Waals surface area contributed by atoms with E-state index in [1.807, 2.05) is 43.3 Å². The first-order valence-corrected chi connectivity index (χ1v) is 7.62. The quantitative estimate of drug-likeness (QED) is 0.914. The van der Waals surface area contributed by atoms with Crippen LogP contribution >= 0.6 is 0 Å². The van der Waals surface area contributed by atoms with Crippen LogP contribution in [0.5, 0.6) is 5.75 Å². The van der Waals surface area contributed by atoms with Crippen LogP contribution in [0.1, 0.15) is 34.2 Å². The highest BCUT2D eigenvalue weighted by Crippen LogP contribution is 2.39. The fraction of sp³-hybridized carbons (Fsp3) is 0.316. The van der Waals surface area contributed by atoms with Crippen LogP contribution in [-0.2, 0) is 23.2 Å². The first kappa shape index (κ1) is 15.6. The molecule has 2 aromatic carbocycles. The normalized spacial score (nSPS) is 19.4. The van der Waals surface area contributed by atoms with Gasteiger partial charge in [-0.15, -0.1) is 0 Å². The minimum atomic E-state index is -1.40. The summed E-state index contributed by atoms with van der Waals surface area (Å²) < 4.78 is 5.30. The lowest BCUT2D eigenvalue weighted by atomic mass is 9.83. The van der Waals surface area contributed by atoms with Crippen molar-refractivity contribution in [2.45, 2.75) is 31.8 Å². The third-order valence-corrected chi connectivity index (χ3v) is 4.62. The highest BCUT2D eigenvalue weighted by molar-refractivity contribution is 5.69. The van der Waals surface area contributed by atoms with Gasteiger partial charge in [0.25, 0.3) is 0 Å². The van der Waals surface area contributed by atoms with Gasteiger partial charge in [0.1, 0.15) is 11.4 Å². The minimum absolute atomic E-state index is 0.287. The number of aliphatic carboxylic acids is 1. The summed E-state index contributed by atoms with van der Waals surface area (Å²) in [6.45, 7) is 1.99. The standard InChI is InChI=1S/C19H20O4/c1-12-4-3-5-17-16(12)9-14-8-15(23-2)7-6-13(14)10-19(17,22)11-18(20)21/h3-8,22H,9-11H2,1-2H3,(H,20,21). The van der Waals surface area contributed by atoms with Crippen molar-refractivity contribution in [3.8, 4) is 5.75 Å². The molecule has 0 spiro atoms. The summed E-state index contributed by atoms with van der Waals surface area (Å²) in [5.41, 5.74) is 3.42. The molecule has 2 N–H and O–H groups in total. The molecule has 2 aromatic rings. The lowest BCUT2D eigenvalue weighted by Gasteiger charge is -2.28. The van der Waals surface area contributed by atoms with E-state index < -0.39 is 11.6 Å². The number of aryl methyl sites for hydroxylation is 1. The molecule has 4 nitrogen and oxygen atoms in total. The Kier molecular flexibility index (Phi) is 3.86. The lowest BCUT2D eigenvalue weighted by Crippen LogP contribution is -2.32. The van der Waals surface area contributed by atoms with Crippen LogP contribution in [0.3, 0.4) is 0 Å². The van der Waals surface area contributed by atoms with Crippen LogP contribution in [0.15, 0.2) is 36.4 Å². The number of carbonyl (C=O) groups is 1. The van der Waals surface area contributed by atoms with Gasteiger partial charge in [-0.3, -0.25) is 4.79 Å².